The van der Waals surface area contributed by atoms with E-state index < -0.39 is 0 Å². The third-order valence-electron chi connectivity index (χ3n) is 8.05. The molecule has 1 atom stereocenters. The monoisotopic (exact) mass is 475 g/mol. The molecule has 3 nitrogen and oxygen atoms in total. The molecule has 0 bridgehead atoms. The molecular weight excluding hydrogens is 442 g/mol. The molecule has 1 spiro atoms. The molecule has 1 aliphatic heterocycles. The topological polar surface area (TPSA) is 30.5 Å². The van der Waals surface area contributed by atoms with E-state index in [0.29, 0.717) is 13.2 Å². The Bertz CT molecular complexity index is 1270. The normalized spacial score (nSPS) is 18.7. The molecule has 1 saturated carbocycles. The van der Waals surface area contributed by atoms with E-state index in [-0.39, 0.29) is 16.9 Å². The fraction of sp³-hybridized carbons (Fsp3) is 0.273. The van der Waals surface area contributed by atoms with E-state index in [2.05, 4.69) is 108 Å². The molecule has 1 aliphatic carbocycles. The summed E-state index contributed by atoms with van der Waals surface area (Å²) in [5.74, 6) is 1.82. The summed E-state index contributed by atoms with van der Waals surface area (Å²) in [6, 6.07) is 37.7. The van der Waals surface area contributed by atoms with Crippen LogP contribution in [0.25, 0.3) is 0 Å². The molecule has 4 aromatic rings. The average Bonchev–Trinajstić information content (AvgIpc) is 3.72. The van der Waals surface area contributed by atoms with Crippen LogP contribution in [0, 0.1) is 5.41 Å². The van der Waals surface area contributed by atoms with Crippen LogP contribution in [0.15, 0.2) is 103 Å². The van der Waals surface area contributed by atoms with Gasteiger partial charge in [-0.2, -0.15) is 0 Å². The lowest BCUT2D eigenvalue weighted by atomic mass is 9.54. The van der Waals surface area contributed by atoms with Gasteiger partial charge in [0.25, 0.3) is 0 Å². The minimum atomic E-state index is -0.315. The van der Waals surface area contributed by atoms with Crippen molar-refractivity contribution in [2.45, 2.75) is 38.1 Å². The molecule has 1 unspecified atom stereocenters. The Kier molecular flexibility index (Phi) is 5.72. The van der Waals surface area contributed by atoms with Crippen LogP contribution in [0.3, 0.4) is 0 Å². The molecule has 1 N–H and O–H groups in total. The number of benzene rings is 4. The first-order valence-corrected chi connectivity index (χ1v) is 13.1. The van der Waals surface area contributed by atoms with Crippen molar-refractivity contribution in [1.29, 1.82) is 0 Å². The van der Waals surface area contributed by atoms with Gasteiger partial charge in [-0.25, -0.2) is 0 Å². The van der Waals surface area contributed by atoms with Crippen molar-refractivity contribution in [2.75, 3.05) is 18.5 Å². The number of rotatable bonds is 7. The van der Waals surface area contributed by atoms with Gasteiger partial charge in [-0.3, -0.25) is 0 Å². The van der Waals surface area contributed by atoms with Crippen LogP contribution in [-0.4, -0.2) is 13.2 Å². The van der Waals surface area contributed by atoms with Crippen LogP contribution in [0.4, 0.5) is 5.69 Å². The predicted octanol–water partition coefficient (Wildman–Crippen LogP) is 7.77. The van der Waals surface area contributed by atoms with E-state index >= 15 is 0 Å². The highest BCUT2D eigenvalue weighted by Crippen LogP contribution is 2.73. The van der Waals surface area contributed by atoms with Gasteiger partial charge in [-0.05, 0) is 79.3 Å². The molecule has 6 rings (SSSR count). The molecule has 0 radical (unpaired) electrons. The lowest BCUT2D eigenvalue weighted by Crippen LogP contribution is -2.48. The largest absolute Gasteiger partial charge is 0.494 e. The van der Waals surface area contributed by atoms with Gasteiger partial charge in [0.1, 0.15) is 11.5 Å². The third kappa shape index (κ3) is 3.41. The predicted molar refractivity (Wildman–Crippen MR) is 146 cm³/mol. The highest BCUT2D eigenvalue weighted by atomic mass is 16.5. The quantitative estimate of drug-likeness (QED) is 0.296. The van der Waals surface area contributed by atoms with Crippen molar-refractivity contribution in [3.05, 3.63) is 125 Å². The Morgan fingerprint density at radius 2 is 1.19 bits per heavy atom. The van der Waals surface area contributed by atoms with E-state index in [4.69, 9.17) is 9.47 Å². The van der Waals surface area contributed by atoms with Crippen molar-refractivity contribution in [3.8, 4) is 11.5 Å². The Hall–Kier alpha value is -3.72. The summed E-state index contributed by atoms with van der Waals surface area (Å²) in [5.41, 5.74) is 6.18. The van der Waals surface area contributed by atoms with Gasteiger partial charge in [0.05, 0.1) is 24.7 Å². The van der Waals surface area contributed by atoms with Gasteiger partial charge in [0.2, 0.25) is 0 Å². The standard InChI is InChI=1S/C33H33NO2/c1-3-35-27-18-14-25(15-19-27)33(26-16-20-28(21-17-26)36-4-2)29-12-8-9-13-30(29)34-31(32(33)22-23-32)24-10-6-5-7-11-24/h5-21,31,34H,3-4,22-23H2,1-2H3. The number of hydrogen-bond donors (Lipinski definition) is 1. The molecule has 36 heavy (non-hydrogen) atoms. The second-order valence-corrected chi connectivity index (χ2v) is 9.85. The average molecular weight is 476 g/mol. The lowest BCUT2D eigenvalue weighted by molar-refractivity contribution is 0.285. The summed E-state index contributed by atoms with van der Waals surface area (Å²) in [4.78, 5) is 0. The van der Waals surface area contributed by atoms with Gasteiger partial charge in [-0.1, -0.05) is 72.8 Å². The van der Waals surface area contributed by atoms with Crippen LogP contribution in [0.1, 0.15) is 55.0 Å². The Morgan fingerprint density at radius 3 is 1.72 bits per heavy atom. The zero-order valence-electron chi connectivity index (χ0n) is 21.0. The van der Waals surface area contributed by atoms with Gasteiger partial charge >= 0.3 is 0 Å². The van der Waals surface area contributed by atoms with E-state index in [0.717, 1.165) is 24.3 Å². The highest BCUT2D eigenvalue weighted by molar-refractivity contribution is 5.70. The van der Waals surface area contributed by atoms with Crippen LogP contribution >= 0.6 is 0 Å². The summed E-state index contributed by atoms with van der Waals surface area (Å²) in [6.45, 7) is 5.39. The second-order valence-electron chi connectivity index (χ2n) is 9.85. The van der Waals surface area contributed by atoms with Crippen molar-refractivity contribution >= 4 is 5.69 Å². The summed E-state index contributed by atoms with van der Waals surface area (Å²) >= 11 is 0. The number of para-hydroxylation sites is 1. The fourth-order valence-corrected chi connectivity index (χ4v) is 6.55. The zero-order valence-corrected chi connectivity index (χ0v) is 21.0. The van der Waals surface area contributed by atoms with Gasteiger partial charge < -0.3 is 14.8 Å². The number of hydrogen-bond acceptors (Lipinski definition) is 3. The van der Waals surface area contributed by atoms with E-state index in [1.165, 1.54) is 27.9 Å². The first-order valence-electron chi connectivity index (χ1n) is 13.1. The van der Waals surface area contributed by atoms with E-state index in [9.17, 15) is 0 Å². The SMILES string of the molecule is CCOc1ccc(C2(c3ccc(OCC)cc3)c3ccccc3NC(c3ccccc3)C23CC3)cc1. The van der Waals surface area contributed by atoms with Crippen LogP contribution < -0.4 is 14.8 Å². The summed E-state index contributed by atoms with van der Waals surface area (Å²) in [6.07, 6.45) is 2.29. The Balaban J connectivity index is 1.64. The molecular formula is C33H33NO2. The first kappa shape index (κ1) is 22.7. The van der Waals surface area contributed by atoms with Crippen LogP contribution in [0.2, 0.25) is 0 Å². The van der Waals surface area contributed by atoms with E-state index in [1.54, 1.807) is 0 Å². The fourth-order valence-electron chi connectivity index (χ4n) is 6.55. The maximum Gasteiger partial charge on any atom is 0.119 e. The van der Waals surface area contributed by atoms with Crippen molar-refractivity contribution in [2.24, 2.45) is 5.41 Å². The zero-order chi connectivity index (χ0) is 24.6. The second kappa shape index (κ2) is 9.05. The molecule has 4 aromatic carbocycles. The van der Waals surface area contributed by atoms with Crippen LogP contribution in [-0.2, 0) is 5.41 Å². The summed E-state index contributed by atoms with van der Waals surface area (Å²) < 4.78 is 11.7. The summed E-state index contributed by atoms with van der Waals surface area (Å²) in [7, 11) is 0. The Labute approximate surface area is 214 Å². The first-order chi connectivity index (χ1) is 17.7. The number of anilines is 1. The number of nitrogens with one attached hydrogen (secondary N) is 1. The van der Waals surface area contributed by atoms with Gasteiger partial charge in [-0.15, -0.1) is 0 Å². The number of ether oxygens (including phenoxy) is 2. The maximum atomic E-state index is 5.83. The molecule has 2 aliphatic rings. The molecule has 1 heterocycles. The van der Waals surface area contributed by atoms with Crippen molar-refractivity contribution in [1.82, 2.24) is 0 Å². The van der Waals surface area contributed by atoms with Crippen molar-refractivity contribution in [3.63, 3.8) is 0 Å². The molecule has 3 heteroatoms. The smallest absolute Gasteiger partial charge is 0.119 e. The molecule has 1 fully saturated rings. The van der Waals surface area contributed by atoms with Crippen molar-refractivity contribution < 1.29 is 9.47 Å². The molecule has 0 saturated heterocycles. The molecule has 0 aromatic heterocycles. The third-order valence-corrected chi connectivity index (χ3v) is 8.05. The van der Waals surface area contributed by atoms with Crippen LogP contribution in [0.5, 0.6) is 11.5 Å². The lowest BCUT2D eigenvalue weighted by Gasteiger charge is -2.52. The summed E-state index contributed by atoms with van der Waals surface area (Å²) in [5, 5.41) is 3.97. The minimum Gasteiger partial charge on any atom is -0.494 e. The highest BCUT2D eigenvalue weighted by Gasteiger charge is 2.67. The van der Waals surface area contributed by atoms with Gasteiger partial charge in [0.15, 0.2) is 0 Å². The molecule has 182 valence electrons. The van der Waals surface area contributed by atoms with Gasteiger partial charge in [0, 0.05) is 11.1 Å². The minimum absolute atomic E-state index is 0.00294. The maximum absolute atomic E-state index is 5.83. The Morgan fingerprint density at radius 1 is 0.667 bits per heavy atom. The molecule has 0 amide bonds. The number of fused-ring (bicyclic) bond motifs is 1. The van der Waals surface area contributed by atoms with E-state index in [1.807, 2.05) is 13.8 Å².